The van der Waals surface area contributed by atoms with E-state index in [1.54, 1.807) is 10.9 Å². The minimum atomic E-state index is 0.0762. The van der Waals surface area contributed by atoms with Gasteiger partial charge in [0.1, 0.15) is 5.65 Å². The van der Waals surface area contributed by atoms with Crippen LogP contribution in [0.3, 0.4) is 0 Å². The first-order valence-electron chi connectivity index (χ1n) is 8.27. The molecule has 0 saturated heterocycles. The van der Waals surface area contributed by atoms with Crippen molar-refractivity contribution >= 4 is 11.0 Å². The van der Waals surface area contributed by atoms with E-state index >= 15 is 0 Å². The van der Waals surface area contributed by atoms with Crippen LogP contribution < -0.4 is 5.56 Å². The van der Waals surface area contributed by atoms with Crippen molar-refractivity contribution in [3.05, 3.63) is 28.4 Å². The van der Waals surface area contributed by atoms with Gasteiger partial charge in [0.25, 0.3) is 5.56 Å². The highest BCUT2D eigenvalue weighted by atomic mass is 16.1. The number of unbranched alkanes of at least 4 members (excludes halogenated alkanes) is 7. The first-order valence-corrected chi connectivity index (χ1v) is 8.27. The Balaban J connectivity index is 1.76. The molecule has 4 heteroatoms. The Kier molecular flexibility index (Phi) is 6.03. The van der Waals surface area contributed by atoms with Gasteiger partial charge in [-0.15, -0.1) is 0 Å². The van der Waals surface area contributed by atoms with Crippen molar-refractivity contribution in [3.8, 4) is 0 Å². The summed E-state index contributed by atoms with van der Waals surface area (Å²) in [5.74, 6) is 0. The quantitative estimate of drug-likeness (QED) is 0.704. The summed E-state index contributed by atoms with van der Waals surface area (Å²) in [7, 11) is 0. The molecule has 0 amide bonds. The van der Waals surface area contributed by atoms with Crippen LogP contribution in [0.2, 0.25) is 0 Å². The van der Waals surface area contributed by atoms with Gasteiger partial charge in [0, 0.05) is 12.2 Å². The summed E-state index contributed by atoms with van der Waals surface area (Å²) in [6.07, 6.45) is 11.9. The van der Waals surface area contributed by atoms with Crippen molar-refractivity contribution < 1.29 is 0 Å². The maximum Gasteiger partial charge on any atom is 0.262 e. The van der Waals surface area contributed by atoms with Gasteiger partial charge in [-0.3, -0.25) is 9.36 Å². The fraction of sp³-hybridized carbons (Fsp3) is 0.647. The van der Waals surface area contributed by atoms with E-state index in [0.717, 1.165) is 18.7 Å². The lowest BCUT2D eigenvalue weighted by molar-refractivity contribution is 0.536. The first-order chi connectivity index (χ1) is 10.2. The zero-order valence-corrected chi connectivity index (χ0v) is 13.3. The normalized spacial score (nSPS) is 11.3. The Hall–Kier alpha value is -1.58. The van der Waals surface area contributed by atoms with E-state index in [1.807, 2.05) is 13.0 Å². The van der Waals surface area contributed by atoms with Crippen LogP contribution in [0.25, 0.3) is 11.0 Å². The summed E-state index contributed by atoms with van der Waals surface area (Å²) in [4.78, 5) is 19.7. The lowest BCUT2D eigenvalue weighted by atomic mass is 10.1. The number of nitrogens with zero attached hydrogens (tertiary/aromatic N) is 2. The number of aromatic amines is 1. The largest absolute Gasteiger partial charge is 0.343 e. The van der Waals surface area contributed by atoms with E-state index in [0.29, 0.717) is 11.0 Å². The third kappa shape index (κ3) is 4.45. The van der Waals surface area contributed by atoms with Gasteiger partial charge in [-0.05, 0) is 19.4 Å². The lowest BCUT2D eigenvalue weighted by Crippen LogP contribution is -2.20. The smallest absolute Gasteiger partial charge is 0.262 e. The monoisotopic (exact) mass is 289 g/mol. The predicted octanol–water partition coefficient (Wildman–Crippen LogP) is 4.17. The van der Waals surface area contributed by atoms with Crippen LogP contribution >= 0.6 is 0 Å². The molecule has 0 aliphatic heterocycles. The van der Waals surface area contributed by atoms with E-state index in [4.69, 9.17) is 0 Å². The summed E-state index contributed by atoms with van der Waals surface area (Å²) in [5.41, 5.74) is 1.76. The number of hydrogen-bond acceptors (Lipinski definition) is 2. The second kappa shape index (κ2) is 8.01. The molecule has 2 aromatic rings. The zero-order valence-electron chi connectivity index (χ0n) is 13.3. The molecule has 0 spiro atoms. The van der Waals surface area contributed by atoms with Gasteiger partial charge < -0.3 is 4.98 Å². The minimum Gasteiger partial charge on any atom is -0.343 e. The minimum absolute atomic E-state index is 0.0762. The fourth-order valence-corrected chi connectivity index (χ4v) is 2.75. The molecule has 0 aromatic carbocycles. The van der Waals surface area contributed by atoms with Crippen LogP contribution in [0.15, 0.2) is 17.2 Å². The average Bonchev–Trinajstić information content (AvgIpc) is 2.85. The highest BCUT2D eigenvalue weighted by molar-refractivity contribution is 5.74. The van der Waals surface area contributed by atoms with E-state index in [2.05, 4.69) is 16.9 Å². The number of aryl methyl sites for hydroxylation is 2. The topological polar surface area (TPSA) is 50.7 Å². The van der Waals surface area contributed by atoms with Crippen molar-refractivity contribution in [2.75, 3.05) is 0 Å². The Bertz CT molecular complexity index is 612. The lowest BCUT2D eigenvalue weighted by Gasteiger charge is -2.05. The van der Waals surface area contributed by atoms with Crippen molar-refractivity contribution in [2.45, 2.75) is 71.8 Å². The molecule has 2 aromatic heterocycles. The summed E-state index contributed by atoms with van der Waals surface area (Å²) < 4.78 is 1.74. The Morgan fingerprint density at radius 2 is 1.76 bits per heavy atom. The van der Waals surface area contributed by atoms with Crippen molar-refractivity contribution in [1.29, 1.82) is 0 Å². The number of rotatable bonds is 9. The zero-order chi connectivity index (χ0) is 15.1. The molecule has 21 heavy (non-hydrogen) atoms. The Labute approximate surface area is 126 Å². The Morgan fingerprint density at radius 1 is 1.10 bits per heavy atom. The van der Waals surface area contributed by atoms with Crippen LogP contribution in [-0.4, -0.2) is 14.5 Å². The van der Waals surface area contributed by atoms with E-state index in [1.165, 1.54) is 44.9 Å². The number of aromatic nitrogens is 3. The number of H-pyrrole nitrogens is 1. The molecule has 0 unspecified atom stereocenters. The highest BCUT2D eigenvalue weighted by Gasteiger charge is 2.06. The van der Waals surface area contributed by atoms with Gasteiger partial charge in [-0.1, -0.05) is 51.9 Å². The maximum absolute atomic E-state index is 12.3. The second-order valence-corrected chi connectivity index (χ2v) is 5.93. The summed E-state index contributed by atoms with van der Waals surface area (Å²) in [6, 6.07) is 1.88. The van der Waals surface area contributed by atoms with Crippen LogP contribution in [-0.2, 0) is 6.54 Å². The third-order valence-corrected chi connectivity index (χ3v) is 4.00. The second-order valence-electron chi connectivity index (χ2n) is 5.93. The van der Waals surface area contributed by atoms with Crippen LogP contribution in [0.5, 0.6) is 0 Å². The van der Waals surface area contributed by atoms with Crippen molar-refractivity contribution in [3.63, 3.8) is 0 Å². The molecule has 0 saturated carbocycles. The third-order valence-electron chi connectivity index (χ3n) is 4.00. The highest BCUT2D eigenvalue weighted by Crippen LogP contribution is 2.10. The Morgan fingerprint density at radius 3 is 2.48 bits per heavy atom. The van der Waals surface area contributed by atoms with Gasteiger partial charge in [0.15, 0.2) is 0 Å². The molecule has 0 bridgehead atoms. The summed E-state index contributed by atoms with van der Waals surface area (Å²) in [5, 5.41) is 0.703. The molecule has 2 heterocycles. The molecule has 4 nitrogen and oxygen atoms in total. The fourth-order valence-electron chi connectivity index (χ4n) is 2.75. The molecule has 0 aliphatic rings. The van der Waals surface area contributed by atoms with E-state index in [-0.39, 0.29) is 5.56 Å². The van der Waals surface area contributed by atoms with Gasteiger partial charge in [0.2, 0.25) is 0 Å². The molecule has 2 rings (SSSR count). The number of fused-ring (bicyclic) bond motifs is 1. The molecular formula is C17H27N3O. The van der Waals surface area contributed by atoms with Crippen LogP contribution in [0.4, 0.5) is 0 Å². The van der Waals surface area contributed by atoms with Gasteiger partial charge in [0.05, 0.1) is 11.7 Å². The van der Waals surface area contributed by atoms with Gasteiger partial charge in [-0.2, -0.15) is 0 Å². The molecule has 1 N–H and O–H groups in total. The van der Waals surface area contributed by atoms with Gasteiger partial charge >= 0.3 is 0 Å². The molecule has 0 radical (unpaired) electrons. The van der Waals surface area contributed by atoms with Crippen molar-refractivity contribution in [2.24, 2.45) is 0 Å². The molecule has 116 valence electrons. The summed E-state index contributed by atoms with van der Waals surface area (Å²) >= 11 is 0. The van der Waals surface area contributed by atoms with Crippen LogP contribution in [0.1, 0.15) is 64.0 Å². The standard InChI is InChI=1S/C17H27N3O/c1-3-4-5-6-7-8-9-10-11-20-13-18-16-15(17(20)21)12-14(2)19-16/h12-13,19H,3-11H2,1-2H3. The first kappa shape index (κ1) is 15.8. The predicted molar refractivity (Wildman–Crippen MR) is 87.7 cm³/mol. The number of hydrogen-bond donors (Lipinski definition) is 1. The maximum atomic E-state index is 12.3. The van der Waals surface area contributed by atoms with E-state index in [9.17, 15) is 4.79 Å². The molecule has 0 fully saturated rings. The summed E-state index contributed by atoms with van der Waals surface area (Å²) in [6.45, 7) is 4.97. The van der Waals surface area contributed by atoms with Crippen molar-refractivity contribution in [1.82, 2.24) is 14.5 Å². The average molecular weight is 289 g/mol. The molecular weight excluding hydrogens is 262 g/mol. The van der Waals surface area contributed by atoms with Crippen LogP contribution in [0, 0.1) is 6.92 Å². The SMILES string of the molecule is CCCCCCCCCCn1cnc2[nH]c(C)cc2c1=O. The molecule has 0 aliphatic carbocycles. The number of nitrogens with one attached hydrogen (secondary N) is 1. The molecule has 0 atom stereocenters. The van der Waals surface area contributed by atoms with E-state index < -0.39 is 0 Å². The van der Waals surface area contributed by atoms with Gasteiger partial charge in [-0.25, -0.2) is 4.98 Å².